The highest BCUT2D eigenvalue weighted by Gasteiger charge is 2.41. The van der Waals surface area contributed by atoms with E-state index in [4.69, 9.17) is 0 Å². The van der Waals surface area contributed by atoms with E-state index in [0.29, 0.717) is 18.8 Å². The Morgan fingerprint density at radius 1 is 1.32 bits per heavy atom. The summed E-state index contributed by atoms with van der Waals surface area (Å²) in [5.74, 6) is -1.31. The lowest BCUT2D eigenvalue weighted by atomic mass is 9.76. The van der Waals surface area contributed by atoms with Crippen molar-refractivity contribution in [1.29, 1.82) is 0 Å². The van der Waals surface area contributed by atoms with Gasteiger partial charge in [0.1, 0.15) is 0 Å². The zero-order valence-corrected chi connectivity index (χ0v) is 11.4. The first kappa shape index (κ1) is 16.3. The number of halogens is 3. The molecule has 19 heavy (non-hydrogen) atoms. The summed E-state index contributed by atoms with van der Waals surface area (Å²) in [6, 6.07) is -0.497. The van der Waals surface area contributed by atoms with Crippen molar-refractivity contribution in [1.82, 2.24) is 4.90 Å². The van der Waals surface area contributed by atoms with E-state index in [-0.39, 0.29) is 6.54 Å². The Bertz CT molecular complexity index is 307. The number of hydrogen-bond acceptors (Lipinski definition) is 2. The monoisotopic (exact) mass is 281 g/mol. The van der Waals surface area contributed by atoms with Gasteiger partial charge in [0.2, 0.25) is 0 Å². The molecule has 1 fully saturated rings. The van der Waals surface area contributed by atoms with Crippen LogP contribution >= 0.6 is 0 Å². The molecule has 3 nitrogen and oxygen atoms in total. The van der Waals surface area contributed by atoms with Crippen LogP contribution in [0.15, 0.2) is 0 Å². The number of nitrogens with zero attached hydrogens (tertiary/aromatic N) is 1. The van der Waals surface area contributed by atoms with Gasteiger partial charge < -0.3 is 5.11 Å². The van der Waals surface area contributed by atoms with Crippen molar-refractivity contribution in [2.24, 2.45) is 11.8 Å². The summed E-state index contributed by atoms with van der Waals surface area (Å²) in [4.78, 5) is 12.5. The van der Waals surface area contributed by atoms with Gasteiger partial charge in [-0.15, -0.1) is 0 Å². The summed E-state index contributed by atoms with van der Waals surface area (Å²) in [5, 5.41) is 9.20. The summed E-state index contributed by atoms with van der Waals surface area (Å²) in [5.41, 5.74) is 0. The van der Waals surface area contributed by atoms with Gasteiger partial charge in [-0.3, -0.25) is 9.69 Å². The third kappa shape index (κ3) is 4.67. The Labute approximate surface area is 111 Å². The molecular formula is C13H22F3NO2. The molecule has 0 aliphatic heterocycles. The molecule has 1 aliphatic carbocycles. The van der Waals surface area contributed by atoms with Crippen molar-refractivity contribution in [2.45, 2.75) is 51.7 Å². The Hall–Kier alpha value is -0.780. The lowest BCUT2D eigenvalue weighted by Crippen LogP contribution is -2.50. The number of rotatable bonds is 5. The standard InChI is InChI=1S/C13H22F3NO2/c1-3-9-5-6-10(12(18)19)11(7-9)17(4-2)8-13(14,15)16/h9-11H,3-8H2,1-2H3,(H,18,19). The van der Waals surface area contributed by atoms with Crippen LogP contribution in [0.4, 0.5) is 13.2 Å². The van der Waals surface area contributed by atoms with Crippen LogP contribution in [0.3, 0.4) is 0 Å². The highest BCUT2D eigenvalue weighted by Crippen LogP contribution is 2.35. The maximum atomic E-state index is 12.6. The number of carbonyl (C=O) groups is 1. The average Bonchev–Trinajstić information content (AvgIpc) is 2.33. The summed E-state index contributed by atoms with van der Waals surface area (Å²) in [7, 11) is 0. The van der Waals surface area contributed by atoms with E-state index < -0.39 is 30.7 Å². The SMILES string of the molecule is CCC1CCC(C(=O)O)C(N(CC)CC(F)(F)F)C1. The molecule has 1 saturated carbocycles. The van der Waals surface area contributed by atoms with E-state index in [9.17, 15) is 23.1 Å². The highest BCUT2D eigenvalue weighted by molar-refractivity contribution is 5.71. The molecule has 3 unspecified atom stereocenters. The van der Waals surface area contributed by atoms with E-state index >= 15 is 0 Å². The number of alkyl halides is 3. The molecule has 0 aromatic rings. The molecule has 0 aromatic heterocycles. The summed E-state index contributed by atoms with van der Waals surface area (Å²) in [6.45, 7) is 2.86. The minimum Gasteiger partial charge on any atom is -0.481 e. The minimum absolute atomic E-state index is 0.227. The zero-order valence-electron chi connectivity index (χ0n) is 11.4. The van der Waals surface area contributed by atoms with Gasteiger partial charge in [0, 0.05) is 6.04 Å². The summed E-state index contributed by atoms with van der Waals surface area (Å²) >= 11 is 0. The molecule has 0 aromatic carbocycles. The highest BCUT2D eigenvalue weighted by atomic mass is 19.4. The van der Waals surface area contributed by atoms with E-state index in [1.807, 2.05) is 6.92 Å². The molecule has 0 amide bonds. The van der Waals surface area contributed by atoms with Gasteiger partial charge in [-0.1, -0.05) is 20.3 Å². The largest absolute Gasteiger partial charge is 0.481 e. The van der Waals surface area contributed by atoms with Crippen LogP contribution in [-0.2, 0) is 4.79 Å². The second-order valence-electron chi connectivity index (χ2n) is 5.28. The molecule has 0 saturated heterocycles. The second-order valence-corrected chi connectivity index (χ2v) is 5.28. The number of aliphatic carboxylic acids is 1. The molecule has 0 heterocycles. The van der Waals surface area contributed by atoms with Crippen LogP contribution in [0, 0.1) is 11.8 Å². The molecule has 6 heteroatoms. The van der Waals surface area contributed by atoms with Crippen molar-refractivity contribution in [3.8, 4) is 0 Å². The molecule has 1 N–H and O–H groups in total. The molecule has 0 spiro atoms. The summed E-state index contributed by atoms with van der Waals surface area (Å²) in [6.07, 6.45) is -1.55. The number of hydrogen-bond donors (Lipinski definition) is 1. The van der Waals surface area contributed by atoms with Crippen LogP contribution in [0.2, 0.25) is 0 Å². The van der Waals surface area contributed by atoms with Crippen molar-refractivity contribution in [2.75, 3.05) is 13.1 Å². The predicted molar refractivity (Wildman–Crippen MR) is 65.8 cm³/mol. The van der Waals surface area contributed by atoms with Gasteiger partial charge in [0.15, 0.2) is 0 Å². The second kappa shape index (κ2) is 6.59. The maximum Gasteiger partial charge on any atom is 0.401 e. The van der Waals surface area contributed by atoms with Crippen molar-refractivity contribution in [3.05, 3.63) is 0 Å². The lowest BCUT2D eigenvalue weighted by molar-refractivity contribution is -0.163. The molecule has 0 radical (unpaired) electrons. The first-order valence-electron chi connectivity index (χ1n) is 6.82. The fraction of sp³-hybridized carbons (Fsp3) is 0.923. The lowest BCUT2D eigenvalue weighted by Gasteiger charge is -2.40. The zero-order chi connectivity index (χ0) is 14.6. The quantitative estimate of drug-likeness (QED) is 0.841. The van der Waals surface area contributed by atoms with Crippen LogP contribution in [0.1, 0.15) is 39.5 Å². The molecule has 1 rings (SSSR count). The molecule has 3 atom stereocenters. The Kier molecular flexibility index (Phi) is 5.64. The molecule has 1 aliphatic rings. The predicted octanol–water partition coefficient (Wildman–Crippen LogP) is 3.15. The first-order chi connectivity index (χ1) is 8.78. The Morgan fingerprint density at radius 3 is 2.37 bits per heavy atom. The van der Waals surface area contributed by atoms with Gasteiger partial charge in [-0.25, -0.2) is 0 Å². The van der Waals surface area contributed by atoms with Crippen LogP contribution in [0.25, 0.3) is 0 Å². The van der Waals surface area contributed by atoms with Gasteiger partial charge in [-0.2, -0.15) is 13.2 Å². The van der Waals surface area contributed by atoms with E-state index in [1.165, 1.54) is 4.90 Å². The van der Waals surface area contributed by atoms with E-state index in [0.717, 1.165) is 12.8 Å². The Balaban J connectivity index is 2.84. The van der Waals surface area contributed by atoms with Gasteiger partial charge in [0.25, 0.3) is 0 Å². The van der Waals surface area contributed by atoms with Crippen molar-refractivity contribution in [3.63, 3.8) is 0 Å². The van der Waals surface area contributed by atoms with Crippen LogP contribution in [0.5, 0.6) is 0 Å². The van der Waals surface area contributed by atoms with E-state index in [1.54, 1.807) is 6.92 Å². The third-order valence-electron chi connectivity index (χ3n) is 4.08. The average molecular weight is 281 g/mol. The van der Waals surface area contributed by atoms with Gasteiger partial charge >= 0.3 is 12.1 Å². The topological polar surface area (TPSA) is 40.5 Å². The molecule has 0 bridgehead atoms. The van der Waals surface area contributed by atoms with E-state index in [2.05, 4.69) is 0 Å². The minimum atomic E-state index is -4.28. The summed E-state index contributed by atoms with van der Waals surface area (Å²) < 4.78 is 37.7. The van der Waals surface area contributed by atoms with Gasteiger partial charge in [-0.05, 0) is 31.7 Å². The maximum absolute atomic E-state index is 12.6. The normalized spacial score (nSPS) is 28.6. The fourth-order valence-electron chi connectivity index (χ4n) is 2.99. The number of carboxylic acid groups (broad SMARTS) is 1. The fourth-order valence-corrected chi connectivity index (χ4v) is 2.99. The third-order valence-corrected chi connectivity index (χ3v) is 4.08. The van der Waals surface area contributed by atoms with Crippen molar-refractivity contribution >= 4 is 5.97 Å². The first-order valence-corrected chi connectivity index (χ1v) is 6.82. The van der Waals surface area contributed by atoms with Gasteiger partial charge in [0.05, 0.1) is 12.5 Å². The van der Waals surface area contributed by atoms with Crippen molar-refractivity contribution < 1.29 is 23.1 Å². The molecular weight excluding hydrogens is 259 g/mol. The Morgan fingerprint density at radius 2 is 1.95 bits per heavy atom. The van der Waals surface area contributed by atoms with Crippen LogP contribution in [-0.4, -0.2) is 41.3 Å². The number of carboxylic acids is 1. The smallest absolute Gasteiger partial charge is 0.401 e. The molecule has 112 valence electrons. The van der Waals surface area contributed by atoms with Crippen LogP contribution < -0.4 is 0 Å².